The molecule has 1 aliphatic heterocycles. The first-order chi connectivity index (χ1) is 7.56. The minimum Gasteiger partial charge on any atom is -0.256 e. The summed E-state index contributed by atoms with van der Waals surface area (Å²) in [6, 6.07) is 5.90. The molecule has 0 radical (unpaired) electrons. The van der Waals surface area contributed by atoms with Crippen molar-refractivity contribution < 1.29 is 8.42 Å². The van der Waals surface area contributed by atoms with E-state index in [1.54, 1.807) is 0 Å². The van der Waals surface area contributed by atoms with Crippen LogP contribution in [0, 0.1) is 6.92 Å². The predicted molar refractivity (Wildman–Crippen MR) is 64.8 cm³/mol. The quantitative estimate of drug-likeness (QED) is 0.844. The first kappa shape index (κ1) is 11.4. The Morgan fingerprint density at radius 2 is 2.19 bits per heavy atom. The van der Waals surface area contributed by atoms with Crippen LogP contribution in [0.15, 0.2) is 18.2 Å². The highest BCUT2D eigenvalue weighted by Crippen LogP contribution is 2.28. The summed E-state index contributed by atoms with van der Waals surface area (Å²) in [7, 11) is -3.31. The lowest BCUT2D eigenvalue weighted by Gasteiger charge is -2.21. The zero-order valence-electron chi connectivity index (χ0n) is 9.53. The fourth-order valence-corrected chi connectivity index (χ4v) is 3.41. The fraction of sp³-hybridized carbons (Fsp3) is 0.455. The Hall–Kier alpha value is -1.07. The van der Waals surface area contributed by atoms with E-state index in [0.717, 1.165) is 23.2 Å². The molecule has 0 amide bonds. The average molecular weight is 240 g/mol. The normalized spacial score (nSPS) is 19.0. The summed E-state index contributed by atoms with van der Waals surface area (Å²) in [5.41, 5.74) is 2.92. The smallest absolute Gasteiger partial charge is 0.256 e. The van der Waals surface area contributed by atoms with E-state index in [2.05, 4.69) is 4.72 Å². The van der Waals surface area contributed by atoms with Gasteiger partial charge in [-0.25, -0.2) is 0 Å². The van der Waals surface area contributed by atoms with Crippen molar-refractivity contribution in [1.29, 1.82) is 0 Å². The van der Waals surface area contributed by atoms with Crippen LogP contribution in [0.5, 0.6) is 0 Å². The van der Waals surface area contributed by atoms with Crippen molar-refractivity contribution in [2.24, 2.45) is 0 Å². The summed E-state index contributed by atoms with van der Waals surface area (Å²) in [5, 5.41) is 0. The number of nitrogens with zero attached hydrogens (tertiary/aromatic N) is 1. The lowest BCUT2D eigenvalue weighted by Crippen LogP contribution is -2.30. The number of benzene rings is 1. The summed E-state index contributed by atoms with van der Waals surface area (Å²) < 4.78 is 27.6. The van der Waals surface area contributed by atoms with Crippen LogP contribution >= 0.6 is 0 Å². The van der Waals surface area contributed by atoms with E-state index >= 15 is 0 Å². The largest absolute Gasteiger partial charge is 0.301 e. The predicted octanol–water partition coefficient (Wildman–Crippen LogP) is 1.21. The van der Waals surface area contributed by atoms with Gasteiger partial charge in [-0.05, 0) is 24.5 Å². The Morgan fingerprint density at radius 1 is 1.44 bits per heavy atom. The van der Waals surface area contributed by atoms with Crippen molar-refractivity contribution in [2.75, 3.05) is 17.4 Å². The van der Waals surface area contributed by atoms with Gasteiger partial charge in [-0.15, -0.1) is 0 Å². The summed E-state index contributed by atoms with van der Waals surface area (Å²) in [6.07, 6.45) is 0.836. The molecule has 16 heavy (non-hydrogen) atoms. The van der Waals surface area contributed by atoms with Gasteiger partial charge in [-0.1, -0.05) is 25.1 Å². The van der Waals surface area contributed by atoms with Crippen LogP contribution in [0.4, 0.5) is 5.69 Å². The Bertz CT molecular complexity index is 497. The Kier molecular flexibility index (Phi) is 2.90. The standard InChI is InChI=1S/C11H16N2O2S/c1-3-10-6-4-5-9(2)11(10)13-8-7-12-16(13,14)15/h4-6,12H,3,7-8H2,1-2H3. The minimum atomic E-state index is -3.31. The molecule has 0 aliphatic carbocycles. The van der Waals surface area contributed by atoms with E-state index in [4.69, 9.17) is 0 Å². The van der Waals surface area contributed by atoms with E-state index in [-0.39, 0.29) is 0 Å². The molecule has 0 saturated carbocycles. The van der Waals surface area contributed by atoms with E-state index in [1.165, 1.54) is 4.31 Å². The van der Waals surface area contributed by atoms with Crippen LogP contribution in [-0.4, -0.2) is 21.5 Å². The maximum Gasteiger partial charge on any atom is 0.301 e. The van der Waals surface area contributed by atoms with Gasteiger partial charge in [0.2, 0.25) is 0 Å². The van der Waals surface area contributed by atoms with E-state index in [0.29, 0.717) is 13.1 Å². The Labute approximate surface area is 96.5 Å². The summed E-state index contributed by atoms with van der Waals surface area (Å²) in [5.74, 6) is 0. The lowest BCUT2D eigenvalue weighted by molar-refractivity contribution is 0.591. The van der Waals surface area contributed by atoms with Gasteiger partial charge in [0.05, 0.1) is 5.69 Å². The van der Waals surface area contributed by atoms with Crippen molar-refractivity contribution in [1.82, 2.24) is 4.72 Å². The molecule has 0 atom stereocenters. The second kappa shape index (κ2) is 4.07. The highest BCUT2D eigenvalue weighted by Gasteiger charge is 2.30. The SMILES string of the molecule is CCc1cccc(C)c1N1CCNS1(=O)=O. The molecule has 1 aromatic rings. The number of hydrogen-bond donors (Lipinski definition) is 1. The first-order valence-corrected chi connectivity index (χ1v) is 6.86. The maximum absolute atomic E-state index is 11.8. The Morgan fingerprint density at radius 3 is 2.75 bits per heavy atom. The Balaban J connectivity index is 2.55. The van der Waals surface area contributed by atoms with Crippen molar-refractivity contribution in [2.45, 2.75) is 20.3 Å². The number of nitrogens with one attached hydrogen (secondary N) is 1. The monoisotopic (exact) mass is 240 g/mol. The summed E-state index contributed by atoms with van der Waals surface area (Å²) in [6.45, 7) is 4.98. The fourth-order valence-electron chi connectivity index (χ4n) is 2.07. The molecular weight excluding hydrogens is 224 g/mol. The van der Waals surface area contributed by atoms with Crippen molar-refractivity contribution >= 4 is 15.9 Å². The second-order valence-corrected chi connectivity index (χ2v) is 5.59. The van der Waals surface area contributed by atoms with E-state index in [9.17, 15) is 8.42 Å². The molecule has 0 bridgehead atoms. The molecule has 0 unspecified atom stereocenters. The van der Waals surface area contributed by atoms with Gasteiger partial charge in [0.1, 0.15) is 0 Å². The zero-order valence-corrected chi connectivity index (χ0v) is 10.3. The number of hydrogen-bond acceptors (Lipinski definition) is 2. The second-order valence-electron chi connectivity index (χ2n) is 3.91. The molecule has 4 nitrogen and oxygen atoms in total. The van der Waals surface area contributed by atoms with Gasteiger partial charge < -0.3 is 0 Å². The molecule has 0 spiro atoms. The van der Waals surface area contributed by atoms with Crippen LogP contribution < -0.4 is 9.03 Å². The highest BCUT2D eigenvalue weighted by molar-refractivity contribution is 7.91. The third kappa shape index (κ3) is 1.81. The van der Waals surface area contributed by atoms with Gasteiger partial charge in [0.15, 0.2) is 0 Å². The number of aryl methyl sites for hydroxylation is 2. The molecule has 88 valence electrons. The van der Waals surface area contributed by atoms with Gasteiger partial charge in [-0.3, -0.25) is 4.31 Å². The van der Waals surface area contributed by atoms with Crippen LogP contribution in [0.25, 0.3) is 0 Å². The van der Waals surface area contributed by atoms with E-state index in [1.807, 2.05) is 32.0 Å². The van der Waals surface area contributed by atoms with Crippen LogP contribution in [0.3, 0.4) is 0 Å². The number of para-hydroxylation sites is 1. The van der Waals surface area contributed by atoms with Gasteiger partial charge in [0.25, 0.3) is 0 Å². The van der Waals surface area contributed by atoms with Gasteiger partial charge in [0, 0.05) is 13.1 Å². The van der Waals surface area contributed by atoms with Crippen molar-refractivity contribution in [3.8, 4) is 0 Å². The third-order valence-electron chi connectivity index (χ3n) is 2.84. The number of rotatable bonds is 2. The summed E-state index contributed by atoms with van der Waals surface area (Å²) >= 11 is 0. The molecular formula is C11H16N2O2S. The van der Waals surface area contributed by atoms with Gasteiger partial charge in [-0.2, -0.15) is 13.1 Å². The molecule has 1 aromatic carbocycles. The lowest BCUT2D eigenvalue weighted by atomic mass is 10.1. The molecule has 1 saturated heterocycles. The van der Waals surface area contributed by atoms with Crippen LogP contribution in [0.1, 0.15) is 18.1 Å². The molecule has 2 rings (SSSR count). The topological polar surface area (TPSA) is 49.4 Å². The molecule has 1 N–H and O–H groups in total. The van der Waals surface area contributed by atoms with E-state index < -0.39 is 10.2 Å². The summed E-state index contributed by atoms with van der Waals surface area (Å²) in [4.78, 5) is 0. The van der Waals surface area contributed by atoms with Crippen LogP contribution in [0.2, 0.25) is 0 Å². The molecule has 1 aliphatic rings. The third-order valence-corrected chi connectivity index (χ3v) is 4.36. The minimum absolute atomic E-state index is 0.486. The zero-order chi connectivity index (χ0) is 11.8. The van der Waals surface area contributed by atoms with Gasteiger partial charge >= 0.3 is 10.2 Å². The molecule has 0 aromatic heterocycles. The van der Waals surface area contributed by atoms with Crippen molar-refractivity contribution in [3.63, 3.8) is 0 Å². The van der Waals surface area contributed by atoms with Crippen molar-refractivity contribution in [3.05, 3.63) is 29.3 Å². The first-order valence-electron chi connectivity index (χ1n) is 5.42. The average Bonchev–Trinajstić information content (AvgIpc) is 2.57. The van der Waals surface area contributed by atoms with Crippen LogP contribution in [-0.2, 0) is 16.6 Å². The highest BCUT2D eigenvalue weighted by atomic mass is 32.2. The molecule has 1 fully saturated rings. The number of anilines is 1. The molecule has 1 heterocycles. The molecule has 5 heteroatoms. The maximum atomic E-state index is 11.8.